The van der Waals surface area contributed by atoms with E-state index in [1.807, 2.05) is 0 Å². The number of anilines is 1. The van der Waals surface area contributed by atoms with Crippen molar-refractivity contribution < 1.29 is 37.0 Å². The van der Waals surface area contributed by atoms with Gasteiger partial charge in [-0.1, -0.05) is 0 Å². The lowest BCUT2D eigenvalue weighted by molar-refractivity contribution is -0.158. The molecule has 0 spiro atoms. The molecule has 1 N–H and O–H groups in total. The summed E-state index contributed by atoms with van der Waals surface area (Å²) in [5.74, 6) is -0.988. The highest BCUT2D eigenvalue weighted by molar-refractivity contribution is 5.85. The fourth-order valence-electron chi connectivity index (χ4n) is 1.96. The number of benzene rings is 1. The first-order valence-corrected chi connectivity index (χ1v) is 8.22. The molecule has 27 heavy (non-hydrogen) atoms. The molecule has 0 saturated heterocycles. The first-order chi connectivity index (χ1) is 12.1. The molecule has 152 valence electrons. The molecule has 0 fully saturated rings. The van der Waals surface area contributed by atoms with Gasteiger partial charge < -0.3 is 14.2 Å². The van der Waals surface area contributed by atoms with Gasteiger partial charge >= 0.3 is 18.2 Å². The van der Waals surface area contributed by atoms with Crippen molar-refractivity contribution in [2.75, 3.05) is 11.9 Å². The Morgan fingerprint density at radius 2 is 1.63 bits per heavy atom. The Morgan fingerprint density at radius 1 is 1.04 bits per heavy atom. The highest BCUT2D eigenvalue weighted by atomic mass is 19.4. The Hall–Kier alpha value is -2.45. The van der Waals surface area contributed by atoms with E-state index in [4.69, 9.17) is 14.2 Å². The number of alkyl halides is 3. The first-order valence-electron chi connectivity index (χ1n) is 8.22. The van der Waals surface area contributed by atoms with E-state index in [-0.39, 0.29) is 18.0 Å². The fraction of sp³-hybridized carbons (Fsp3) is 0.556. The van der Waals surface area contributed by atoms with Crippen LogP contribution in [0.25, 0.3) is 0 Å². The van der Waals surface area contributed by atoms with Gasteiger partial charge in [0.1, 0.15) is 11.4 Å². The molecule has 0 atom stereocenters. The van der Waals surface area contributed by atoms with E-state index in [2.05, 4.69) is 5.32 Å². The summed E-state index contributed by atoms with van der Waals surface area (Å²) in [5, 5.41) is 2.23. The molecule has 0 unspecified atom stereocenters. The van der Waals surface area contributed by atoms with Crippen LogP contribution < -0.4 is 10.1 Å². The smallest absolute Gasteiger partial charge is 0.416 e. The van der Waals surface area contributed by atoms with E-state index in [0.29, 0.717) is 0 Å². The van der Waals surface area contributed by atoms with Gasteiger partial charge in [-0.25, -0.2) is 9.59 Å². The Morgan fingerprint density at radius 3 is 2.11 bits per heavy atom. The third kappa shape index (κ3) is 7.36. The van der Waals surface area contributed by atoms with Gasteiger partial charge in [-0.3, -0.25) is 5.32 Å². The molecule has 0 aliphatic carbocycles. The molecular formula is C18H24F3NO5. The minimum atomic E-state index is -4.68. The number of carbonyl (C=O) groups is 2. The molecule has 9 heteroatoms. The van der Waals surface area contributed by atoms with Crippen LogP contribution in [0.2, 0.25) is 0 Å². The van der Waals surface area contributed by atoms with Crippen LogP contribution in [0.4, 0.5) is 23.7 Å². The van der Waals surface area contributed by atoms with Crippen LogP contribution in [0.15, 0.2) is 18.2 Å². The molecule has 1 aromatic carbocycles. The summed E-state index contributed by atoms with van der Waals surface area (Å²) in [7, 11) is 0. The summed E-state index contributed by atoms with van der Waals surface area (Å²) < 4.78 is 54.8. The second kappa shape index (κ2) is 8.06. The van der Waals surface area contributed by atoms with Gasteiger partial charge in [0.15, 0.2) is 5.60 Å². The van der Waals surface area contributed by atoms with E-state index in [9.17, 15) is 22.8 Å². The summed E-state index contributed by atoms with van der Waals surface area (Å²) in [6.45, 7) is 9.29. The molecule has 0 aliphatic heterocycles. The predicted molar refractivity (Wildman–Crippen MR) is 92.6 cm³/mol. The van der Waals surface area contributed by atoms with Crippen molar-refractivity contribution in [1.82, 2.24) is 0 Å². The molecule has 0 aromatic heterocycles. The van der Waals surface area contributed by atoms with Crippen molar-refractivity contribution >= 4 is 17.7 Å². The van der Waals surface area contributed by atoms with Crippen LogP contribution in [0.1, 0.15) is 47.1 Å². The zero-order valence-electron chi connectivity index (χ0n) is 16.1. The Bertz CT molecular complexity index is 693. The highest BCUT2D eigenvalue weighted by Crippen LogP contribution is 2.35. The average molecular weight is 391 g/mol. The van der Waals surface area contributed by atoms with Gasteiger partial charge in [0.05, 0.1) is 12.2 Å². The maximum atomic E-state index is 13.2. The summed E-state index contributed by atoms with van der Waals surface area (Å²) in [5.41, 5.74) is -3.58. The topological polar surface area (TPSA) is 73.9 Å². The number of carbonyl (C=O) groups excluding carboxylic acids is 2. The standard InChI is InChI=1S/C18H24F3NO5/c1-7-25-14(23)17(5,6)26-13-9-11(18(19,20)21)8-12(10-13)22-15(24)27-16(2,3)4/h8-10H,7H2,1-6H3,(H,22,24). The van der Waals surface area contributed by atoms with E-state index in [1.165, 1.54) is 19.9 Å². The lowest BCUT2D eigenvalue weighted by Gasteiger charge is -2.25. The molecule has 0 radical (unpaired) electrons. The van der Waals surface area contributed by atoms with Gasteiger partial charge in [-0.15, -0.1) is 0 Å². The molecule has 0 heterocycles. The third-order valence-corrected chi connectivity index (χ3v) is 3.02. The number of rotatable bonds is 5. The molecule has 6 nitrogen and oxygen atoms in total. The summed E-state index contributed by atoms with van der Waals surface area (Å²) >= 11 is 0. The van der Waals surface area contributed by atoms with Crippen molar-refractivity contribution in [3.05, 3.63) is 23.8 Å². The van der Waals surface area contributed by atoms with Crippen LogP contribution >= 0.6 is 0 Å². The Labute approximate surface area is 156 Å². The zero-order valence-corrected chi connectivity index (χ0v) is 16.1. The maximum Gasteiger partial charge on any atom is 0.416 e. The summed E-state index contributed by atoms with van der Waals surface area (Å²) in [6.07, 6.45) is -5.60. The lowest BCUT2D eigenvalue weighted by Crippen LogP contribution is -2.39. The normalized spacial score (nSPS) is 12.3. The zero-order chi connectivity index (χ0) is 21.0. The van der Waals surface area contributed by atoms with Gasteiger partial charge in [0.25, 0.3) is 0 Å². The number of hydrogen-bond donors (Lipinski definition) is 1. The number of halogens is 3. The van der Waals surface area contributed by atoms with Crippen LogP contribution in [0, 0.1) is 0 Å². The van der Waals surface area contributed by atoms with Crippen LogP contribution in [0.5, 0.6) is 5.75 Å². The minimum absolute atomic E-state index is 0.0969. The number of nitrogens with one attached hydrogen (secondary N) is 1. The van der Waals surface area contributed by atoms with Gasteiger partial charge in [-0.2, -0.15) is 13.2 Å². The molecule has 0 saturated carbocycles. The maximum absolute atomic E-state index is 13.2. The van der Waals surface area contributed by atoms with Gasteiger partial charge in [0.2, 0.25) is 0 Å². The monoisotopic (exact) mass is 391 g/mol. The first kappa shape index (κ1) is 22.6. The molecule has 0 aliphatic rings. The second-order valence-corrected chi connectivity index (χ2v) is 7.20. The highest BCUT2D eigenvalue weighted by Gasteiger charge is 2.35. The van der Waals surface area contributed by atoms with Crippen molar-refractivity contribution in [2.24, 2.45) is 0 Å². The van der Waals surface area contributed by atoms with Crippen LogP contribution in [0.3, 0.4) is 0 Å². The van der Waals surface area contributed by atoms with Crippen molar-refractivity contribution in [3.8, 4) is 5.75 Å². The molecule has 1 amide bonds. The second-order valence-electron chi connectivity index (χ2n) is 7.20. The van der Waals surface area contributed by atoms with Crippen molar-refractivity contribution in [2.45, 2.75) is 58.9 Å². The van der Waals surface area contributed by atoms with E-state index >= 15 is 0 Å². The number of amides is 1. The number of esters is 1. The van der Waals surface area contributed by atoms with E-state index in [0.717, 1.165) is 12.1 Å². The number of hydrogen-bond acceptors (Lipinski definition) is 5. The van der Waals surface area contributed by atoms with Gasteiger partial charge in [0, 0.05) is 11.8 Å². The third-order valence-electron chi connectivity index (χ3n) is 3.02. The van der Waals surface area contributed by atoms with Gasteiger partial charge in [-0.05, 0) is 53.7 Å². The summed E-state index contributed by atoms with van der Waals surface area (Å²) in [6, 6.07) is 2.65. The molecule has 1 aromatic rings. The summed E-state index contributed by atoms with van der Waals surface area (Å²) in [4.78, 5) is 23.8. The Balaban J connectivity index is 3.18. The average Bonchev–Trinajstić information content (AvgIpc) is 2.43. The minimum Gasteiger partial charge on any atom is -0.476 e. The number of ether oxygens (including phenoxy) is 3. The molecule has 1 rings (SSSR count). The SMILES string of the molecule is CCOC(=O)C(C)(C)Oc1cc(NC(=O)OC(C)(C)C)cc(C(F)(F)F)c1. The molecular weight excluding hydrogens is 367 g/mol. The van der Waals surface area contributed by atoms with Crippen LogP contribution in [-0.4, -0.2) is 29.9 Å². The van der Waals surface area contributed by atoms with Crippen LogP contribution in [-0.2, 0) is 20.4 Å². The van der Waals surface area contributed by atoms with E-state index < -0.39 is 35.0 Å². The van der Waals surface area contributed by atoms with E-state index in [1.54, 1.807) is 27.7 Å². The quantitative estimate of drug-likeness (QED) is 0.732. The fourth-order valence-corrected chi connectivity index (χ4v) is 1.96. The van der Waals surface area contributed by atoms with Crippen molar-refractivity contribution in [1.29, 1.82) is 0 Å². The lowest BCUT2D eigenvalue weighted by atomic mass is 10.1. The Kier molecular flexibility index (Phi) is 6.74. The molecule has 0 bridgehead atoms. The van der Waals surface area contributed by atoms with Crippen molar-refractivity contribution in [3.63, 3.8) is 0 Å². The largest absolute Gasteiger partial charge is 0.476 e. The predicted octanol–water partition coefficient (Wildman–Crippen LogP) is 4.77.